The summed E-state index contributed by atoms with van der Waals surface area (Å²) in [7, 11) is 0. The molecule has 108 valence electrons. The summed E-state index contributed by atoms with van der Waals surface area (Å²) in [5.41, 5.74) is 6.41. The second-order valence-electron chi connectivity index (χ2n) is 4.52. The number of nitrogens with zero attached hydrogens (tertiary/aromatic N) is 2. The van der Waals surface area contributed by atoms with Gasteiger partial charge in [0, 0.05) is 12.4 Å². The highest BCUT2D eigenvalue weighted by Gasteiger charge is 2.13. The Morgan fingerprint density at radius 2 is 2.25 bits per heavy atom. The maximum Gasteiger partial charge on any atom is 0.239 e. The van der Waals surface area contributed by atoms with E-state index in [-0.39, 0.29) is 6.04 Å². The van der Waals surface area contributed by atoms with Crippen LogP contribution in [0, 0.1) is 0 Å². The predicted molar refractivity (Wildman–Crippen MR) is 79.7 cm³/mol. The number of pyridine rings is 1. The molecule has 1 unspecified atom stereocenters. The van der Waals surface area contributed by atoms with Gasteiger partial charge in [-0.1, -0.05) is 13.8 Å². The molecule has 0 saturated heterocycles. The topological polar surface area (TPSA) is 88.8 Å². The molecule has 2 rings (SSSR count). The molecular weight excluding hydrogens is 254 g/mol. The van der Waals surface area contributed by atoms with Gasteiger partial charge in [0.25, 0.3) is 0 Å². The van der Waals surface area contributed by atoms with Gasteiger partial charge in [-0.2, -0.15) is 4.98 Å². The fraction of sp³-hybridized carbons (Fsp3) is 0.429. The average molecular weight is 275 g/mol. The summed E-state index contributed by atoms with van der Waals surface area (Å²) in [5.74, 6) is 2.10. The lowest BCUT2D eigenvalue weighted by Gasteiger charge is -2.16. The van der Waals surface area contributed by atoms with Crippen molar-refractivity contribution >= 4 is 11.5 Å². The molecule has 0 saturated carbocycles. The molecule has 6 heteroatoms. The number of imidazole rings is 1. The summed E-state index contributed by atoms with van der Waals surface area (Å²) in [6.07, 6.45) is 5.37. The van der Waals surface area contributed by atoms with Gasteiger partial charge in [0.2, 0.25) is 5.88 Å². The maximum absolute atomic E-state index is 5.85. The lowest BCUT2D eigenvalue weighted by molar-refractivity contribution is 0.307. The molecule has 2 aromatic rings. The number of hydrogen-bond donors (Lipinski definition) is 3. The molecule has 2 heterocycles. The molecule has 4 N–H and O–H groups in total. The molecule has 0 radical (unpaired) electrons. The van der Waals surface area contributed by atoms with Gasteiger partial charge in [0.15, 0.2) is 0 Å². The number of hydrogen-bond acceptors (Lipinski definition) is 5. The number of H-pyrrole nitrogens is 1. The first-order valence-electron chi connectivity index (χ1n) is 6.89. The van der Waals surface area contributed by atoms with Gasteiger partial charge in [-0.25, -0.2) is 4.98 Å². The van der Waals surface area contributed by atoms with Crippen molar-refractivity contribution in [2.45, 2.75) is 32.7 Å². The minimum Gasteiger partial charge on any atom is -0.476 e. The van der Waals surface area contributed by atoms with Crippen LogP contribution in [0.2, 0.25) is 0 Å². The molecule has 1 atom stereocenters. The Labute approximate surface area is 118 Å². The predicted octanol–water partition coefficient (Wildman–Crippen LogP) is 2.74. The highest BCUT2D eigenvalue weighted by molar-refractivity contribution is 5.54. The van der Waals surface area contributed by atoms with E-state index in [1.54, 1.807) is 12.3 Å². The molecule has 0 bridgehead atoms. The summed E-state index contributed by atoms with van der Waals surface area (Å²) in [5, 5.41) is 3.33. The van der Waals surface area contributed by atoms with Gasteiger partial charge in [0.05, 0.1) is 18.3 Å². The zero-order chi connectivity index (χ0) is 14.4. The van der Waals surface area contributed by atoms with Crippen LogP contribution in [0.4, 0.5) is 11.5 Å². The van der Waals surface area contributed by atoms with Crippen LogP contribution in [-0.4, -0.2) is 21.6 Å². The molecule has 0 fully saturated rings. The van der Waals surface area contributed by atoms with E-state index in [1.807, 2.05) is 19.2 Å². The molecule has 2 aromatic heterocycles. The van der Waals surface area contributed by atoms with E-state index in [4.69, 9.17) is 10.5 Å². The van der Waals surface area contributed by atoms with Crippen LogP contribution in [0.3, 0.4) is 0 Å². The molecular formula is C14H21N5O. The van der Waals surface area contributed by atoms with E-state index in [2.05, 4.69) is 27.2 Å². The van der Waals surface area contributed by atoms with Crippen molar-refractivity contribution in [1.29, 1.82) is 0 Å². The molecule has 6 nitrogen and oxygen atoms in total. The van der Waals surface area contributed by atoms with Crippen molar-refractivity contribution in [2.75, 3.05) is 17.7 Å². The standard InChI is InChI=1S/C14H21N5O/c1-3-9-20-14-10(15)5-6-12(19-14)18-11(4-2)13-16-7-8-17-13/h5-8,11H,3-4,9,15H2,1-2H3,(H,16,17)(H,18,19). The van der Waals surface area contributed by atoms with Crippen molar-refractivity contribution in [2.24, 2.45) is 0 Å². The van der Waals surface area contributed by atoms with E-state index < -0.39 is 0 Å². The highest BCUT2D eigenvalue weighted by Crippen LogP contribution is 2.24. The summed E-state index contributed by atoms with van der Waals surface area (Å²) >= 11 is 0. The second-order valence-corrected chi connectivity index (χ2v) is 4.52. The number of aromatic amines is 1. The van der Waals surface area contributed by atoms with Gasteiger partial charge in [-0.3, -0.25) is 0 Å². The first-order valence-corrected chi connectivity index (χ1v) is 6.89. The summed E-state index contributed by atoms with van der Waals surface area (Å²) in [6, 6.07) is 3.73. The fourth-order valence-corrected chi connectivity index (χ4v) is 1.86. The third-order valence-electron chi connectivity index (χ3n) is 2.91. The fourth-order valence-electron chi connectivity index (χ4n) is 1.86. The van der Waals surface area contributed by atoms with E-state index in [9.17, 15) is 0 Å². The molecule has 20 heavy (non-hydrogen) atoms. The van der Waals surface area contributed by atoms with Crippen LogP contribution >= 0.6 is 0 Å². The first-order chi connectivity index (χ1) is 9.74. The minimum atomic E-state index is 0.0835. The Balaban J connectivity index is 2.12. The van der Waals surface area contributed by atoms with Crippen LogP contribution in [-0.2, 0) is 0 Å². The zero-order valence-corrected chi connectivity index (χ0v) is 11.9. The monoisotopic (exact) mass is 275 g/mol. The lowest BCUT2D eigenvalue weighted by Crippen LogP contribution is -2.13. The second kappa shape index (κ2) is 6.79. The number of aromatic nitrogens is 3. The Hall–Kier alpha value is -2.24. The minimum absolute atomic E-state index is 0.0835. The summed E-state index contributed by atoms with van der Waals surface area (Å²) in [4.78, 5) is 11.8. The third kappa shape index (κ3) is 3.40. The van der Waals surface area contributed by atoms with Crippen molar-refractivity contribution < 1.29 is 4.74 Å². The van der Waals surface area contributed by atoms with Gasteiger partial charge in [-0.05, 0) is 25.0 Å². The van der Waals surface area contributed by atoms with Crippen molar-refractivity contribution in [3.8, 4) is 5.88 Å². The van der Waals surface area contributed by atoms with Crippen LogP contribution < -0.4 is 15.8 Å². The lowest BCUT2D eigenvalue weighted by atomic mass is 10.2. The van der Waals surface area contributed by atoms with Crippen molar-refractivity contribution in [1.82, 2.24) is 15.0 Å². The normalized spacial score (nSPS) is 12.1. The molecule has 0 aliphatic rings. The van der Waals surface area contributed by atoms with Crippen molar-refractivity contribution in [3.05, 3.63) is 30.4 Å². The first kappa shape index (κ1) is 14.2. The number of ether oxygens (including phenoxy) is 1. The van der Waals surface area contributed by atoms with Crippen LogP contribution in [0.5, 0.6) is 5.88 Å². The number of nitrogens with two attached hydrogens (primary N) is 1. The van der Waals surface area contributed by atoms with E-state index in [1.165, 1.54) is 0 Å². The van der Waals surface area contributed by atoms with Gasteiger partial charge < -0.3 is 20.8 Å². The van der Waals surface area contributed by atoms with E-state index in [0.29, 0.717) is 18.2 Å². The molecule has 0 aliphatic heterocycles. The van der Waals surface area contributed by atoms with Crippen LogP contribution in [0.15, 0.2) is 24.5 Å². The highest BCUT2D eigenvalue weighted by atomic mass is 16.5. The molecule has 0 aliphatic carbocycles. The van der Waals surface area contributed by atoms with Crippen LogP contribution in [0.25, 0.3) is 0 Å². The number of rotatable bonds is 7. The maximum atomic E-state index is 5.85. The van der Waals surface area contributed by atoms with E-state index in [0.717, 1.165) is 24.5 Å². The average Bonchev–Trinajstić information content (AvgIpc) is 2.99. The largest absolute Gasteiger partial charge is 0.476 e. The summed E-state index contributed by atoms with van der Waals surface area (Å²) in [6.45, 7) is 4.74. The quantitative estimate of drug-likeness (QED) is 0.723. The number of nitrogens with one attached hydrogen (secondary N) is 2. The van der Waals surface area contributed by atoms with Crippen molar-refractivity contribution in [3.63, 3.8) is 0 Å². The van der Waals surface area contributed by atoms with Gasteiger partial charge in [0.1, 0.15) is 11.6 Å². The van der Waals surface area contributed by atoms with Gasteiger partial charge >= 0.3 is 0 Å². The molecule has 0 aromatic carbocycles. The Bertz CT molecular complexity index is 526. The smallest absolute Gasteiger partial charge is 0.239 e. The SMILES string of the molecule is CCCOc1nc(NC(CC)c2ncc[nH]2)ccc1N. The number of anilines is 2. The molecule has 0 spiro atoms. The Morgan fingerprint density at radius 1 is 1.40 bits per heavy atom. The number of nitrogen functional groups attached to an aromatic ring is 1. The van der Waals surface area contributed by atoms with Crippen LogP contribution in [0.1, 0.15) is 38.6 Å². The van der Waals surface area contributed by atoms with E-state index >= 15 is 0 Å². The Kier molecular flexibility index (Phi) is 4.81. The molecule has 0 amide bonds. The summed E-state index contributed by atoms with van der Waals surface area (Å²) < 4.78 is 5.53. The third-order valence-corrected chi connectivity index (χ3v) is 2.91. The Morgan fingerprint density at radius 3 is 2.90 bits per heavy atom. The zero-order valence-electron chi connectivity index (χ0n) is 11.9. The van der Waals surface area contributed by atoms with Gasteiger partial charge in [-0.15, -0.1) is 0 Å².